The highest BCUT2D eigenvalue weighted by atomic mass is 32.2. The highest BCUT2D eigenvalue weighted by molar-refractivity contribution is 8.00. The van der Waals surface area contributed by atoms with Crippen molar-refractivity contribution < 1.29 is 19.4 Å². The minimum atomic E-state index is -0.704. The van der Waals surface area contributed by atoms with Crippen molar-refractivity contribution in [1.82, 2.24) is 10.2 Å². The quantitative estimate of drug-likeness (QED) is 0.151. The van der Waals surface area contributed by atoms with Crippen molar-refractivity contribution in [2.45, 2.75) is 74.4 Å². The number of unbranched alkanes of at least 4 members (excludes halogenated alkanes) is 2. The zero-order valence-corrected chi connectivity index (χ0v) is 27.0. The van der Waals surface area contributed by atoms with Crippen LogP contribution in [0.1, 0.15) is 64.5 Å². The standard InChI is InChI=1S/C32H50N2O4S2/c1-31(2,39-22-26-11-15-28(37-5)16-12-26)24-33-19-21-34(20-9-7-8-10-30(35)36)25-32(3,4)40-23-27-13-17-29(38-6)18-14-27/h11-18,33H,7-10,19-25H2,1-6H3,(H,35,36). The van der Waals surface area contributed by atoms with Gasteiger partial charge in [0.1, 0.15) is 11.5 Å². The topological polar surface area (TPSA) is 71.0 Å². The first-order valence-corrected chi connectivity index (χ1v) is 16.2. The third-order valence-electron chi connectivity index (χ3n) is 6.70. The maximum absolute atomic E-state index is 10.9. The average Bonchev–Trinajstić information content (AvgIpc) is 2.93. The number of benzene rings is 2. The fraction of sp³-hybridized carbons (Fsp3) is 0.594. The molecule has 2 aromatic rings. The molecule has 0 fully saturated rings. The number of ether oxygens (including phenoxy) is 2. The molecule has 0 aliphatic heterocycles. The average molecular weight is 591 g/mol. The maximum atomic E-state index is 10.9. The second-order valence-electron chi connectivity index (χ2n) is 11.5. The zero-order valence-electron chi connectivity index (χ0n) is 25.3. The van der Waals surface area contributed by atoms with Crippen molar-refractivity contribution >= 4 is 29.5 Å². The van der Waals surface area contributed by atoms with Crippen LogP contribution in [0, 0.1) is 0 Å². The van der Waals surface area contributed by atoms with E-state index in [-0.39, 0.29) is 15.9 Å². The highest BCUT2D eigenvalue weighted by Crippen LogP contribution is 2.30. The van der Waals surface area contributed by atoms with Gasteiger partial charge in [0, 0.05) is 53.6 Å². The molecular weight excluding hydrogens is 540 g/mol. The molecule has 0 radical (unpaired) electrons. The molecule has 40 heavy (non-hydrogen) atoms. The summed E-state index contributed by atoms with van der Waals surface area (Å²) in [7, 11) is 3.39. The van der Waals surface area contributed by atoms with Gasteiger partial charge in [-0.3, -0.25) is 4.79 Å². The summed E-state index contributed by atoms with van der Waals surface area (Å²) < 4.78 is 10.8. The molecule has 0 aliphatic carbocycles. The number of methoxy groups -OCH3 is 2. The van der Waals surface area contributed by atoms with Crippen LogP contribution < -0.4 is 14.8 Å². The molecule has 2 rings (SSSR count). The van der Waals surface area contributed by atoms with Crippen molar-refractivity contribution in [2.24, 2.45) is 0 Å². The van der Waals surface area contributed by atoms with Crippen molar-refractivity contribution in [3.05, 3.63) is 59.7 Å². The number of hydrogen-bond acceptors (Lipinski definition) is 7. The monoisotopic (exact) mass is 590 g/mol. The van der Waals surface area contributed by atoms with Crippen LogP contribution in [0.15, 0.2) is 48.5 Å². The number of rotatable bonds is 21. The van der Waals surface area contributed by atoms with E-state index < -0.39 is 5.97 Å². The van der Waals surface area contributed by atoms with Crippen LogP contribution in [0.25, 0.3) is 0 Å². The molecule has 0 saturated heterocycles. The second-order valence-corrected chi connectivity index (χ2v) is 14.8. The van der Waals surface area contributed by atoms with Crippen LogP contribution >= 0.6 is 23.5 Å². The molecule has 0 amide bonds. The minimum absolute atomic E-state index is 0.0917. The first kappa shape index (κ1) is 34.3. The summed E-state index contributed by atoms with van der Waals surface area (Å²) in [6.45, 7) is 14.1. The second kappa shape index (κ2) is 17.8. The Hall–Kier alpha value is -1.87. The number of carboxylic acids is 1. The van der Waals surface area contributed by atoms with Gasteiger partial charge >= 0.3 is 5.97 Å². The Morgan fingerprint density at radius 3 is 1.82 bits per heavy atom. The first-order valence-electron chi connectivity index (χ1n) is 14.2. The van der Waals surface area contributed by atoms with Gasteiger partial charge < -0.3 is 24.8 Å². The normalized spacial score (nSPS) is 12.1. The van der Waals surface area contributed by atoms with Gasteiger partial charge in [-0.2, -0.15) is 0 Å². The summed E-state index contributed by atoms with van der Waals surface area (Å²) in [6.07, 6.45) is 2.98. The predicted molar refractivity (Wildman–Crippen MR) is 172 cm³/mol. The van der Waals surface area contributed by atoms with Gasteiger partial charge in [0.25, 0.3) is 0 Å². The van der Waals surface area contributed by atoms with E-state index in [1.54, 1.807) is 14.2 Å². The third-order valence-corrected chi connectivity index (χ3v) is 9.49. The van der Waals surface area contributed by atoms with Gasteiger partial charge in [-0.1, -0.05) is 30.7 Å². The fourth-order valence-corrected chi connectivity index (χ4v) is 6.30. The summed E-state index contributed by atoms with van der Waals surface area (Å²) in [5, 5.41) is 12.7. The minimum Gasteiger partial charge on any atom is -0.497 e. The van der Waals surface area contributed by atoms with Gasteiger partial charge in [-0.05, 0) is 82.5 Å². The Morgan fingerprint density at radius 2 is 1.32 bits per heavy atom. The van der Waals surface area contributed by atoms with E-state index in [1.807, 2.05) is 47.8 Å². The molecular formula is C32H50N2O4S2. The summed E-state index contributed by atoms with van der Waals surface area (Å²) >= 11 is 3.95. The molecule has 6 nitrogen and oxygen atoms in total. The van der Waals surface area contributed by atoms with Gasteiger partial charge in [0.15, 0.2) is 0 Å². The van der Waals surface area contributed by atoms with Crippen LogP contribution in [0.2, 0.25) is 0 Å². The molecule has 8 heteroatoms. The van der Waals surface area contributed by atoms with Crippen molar-refractivity contribution in [2.75, 3.05) is 46.9 Å². The molecule has 2 N–H and O–H groups in total. The van der Waals surface area contributed by atoms with Crippen LogP contribution in [0.4, 0.5) is 0 Å². The Labute approximate surface area is 251 Å². The van der Waals surface area contributed by atoms with Crippen LogP contribution in [0.5, 0.6) is 11.5 Å². The van der Waals surface area contributed by atoms with Gasteiger partial charge in [0.2, 0.25) is 0 Å². The van der Waals surface area contributed by atoms with E-state index >= 15 is 0 Å². The summed E-state index contributed by atoms with van der Waals surface area (Å²) in [4.78, 5) is 13.4. The lowest BCUT2D eigenvalue weighted by Crippen LogP contribution is -2.42. The predicted octanol–water partition coefficient (Wildman–Crippen LogP) is 6.96. The number of nitrogens with one attached hydrogen (secondary N) is 1. The lowest BCUT2D eigenvalue weighted by molar-refractivity contribution is -0.137. The van der Waals surface area contributed by atoms with E-state index in [9.17, 15) is 4.79 Å². The fourth-order valence-electron chi connectivity index (χ4n) is 4.32. The number of nitrogens with zero attached hydrogens (tertiary/aromatic N) is 1. The van der Waals surface area contributed by atoms with Gasteiger partial charge in [-0.25, -0.2) is 0 Å². The van der Waals surface area contributed by atoms with E-state index in [0.717, 1.165) is 75.0 Å². The Kier molecular flexibility index (Phi) is 15.3. The van der Waals surface area contributed by atoms with E-state index in [0.29, 0.717) is 0 Å². The molecule has 224 valence electrons. The number of thioether (sulfide) groups is 2. The number of hydrogen-bond donors (Lipinski definition) is 2. The Morgan fingerprint density at radius 1 is 0.800 bits per heavy atom. The Balaban J connectivity index is 1.82. The SMILES string of the molecule is COc1ccc(CSC(C)(C)CNCCN(CCCCCC(=O)O)CC(C)(C)SCc2ccc(OC)cc2)cc1. The molecule has 0 bridgehead atoms. The van der Waals surface area contributed by atoms with Crippen molar-refractivity contribution in [3.63, 3.8) is 0 Å². The number of aliphatic carboxylic acids is 1. The lowest BCUT2D eigenvalue weighted by atomic mass is 10.1. The van der Waals surface area contributed by atoms with E-state index in [1.165, 1.54) is 11.1 Å². The largest absolute Gasteiger partial charge is 0.497 e. The van der Waals surface area contributed by atoms with Crippen LogP contribution in [-0.2, 0) is 16.3 Å². The van der Waals surface area contributed by atoms with Crippen LogP contribution in [0.3, 0.4) is 0 Å². The third kappa shape index (κ3) is 14.7. The zero-order chi connectivity index (χ0) is 29.4. The summed E-state index contributed by atoms with van der Waals surface area (Å²) in [5.41, 5.74) is 2.61. The summed E-state index contributed by atoms with van der Waals surface area (Å²) in [5.74, 6) is 3.01. The molecule has 0 unspecified atom stereocenters. The van der Waals surface area contributed by atoms with Crippen molar-refractivity contribution in [1.29, 1.82) is 0 Å². The smallest absolute Gasteiger partial charge is 0.303 e. The lowest BCUT2D eigenvalue weighted by Gasteiger charge is -2.33. The molecule has 0 saturated carbocycles. The van der Waals surface area contributed by atoms with Gasteiger partial charge in [0.05, 0.1) is 14.2 Å². The van der Waals surface area contributed by atoms with Crippen LogP contribution in [-0.4, -0.2) is 72.4 Å². The van der Waals surface area contributed by atoms with Crippen molar-refractivity contribution in [3.8, 4) is 11.5 Å². The number of carbonyl (C=O) groups is 1. The van der Waals surface area contributed by atoms with Gasteiger partial charge in [-0.15, -0.1) is 23.5 Å². The van der Waals surface area contributed by atoms with E-state index in [4.69, 9.17) is 14.6 Å². The molecule has 0 aliphatic rings. The Bertz CT molecular complexity index is 981. The number of carboxylic acid groups (broad SMARTS) is 1. The van der Waals surface area contributed by atoms with E-state index in [2.05, 4.69) is 62.2 Å². The maximum Gasteiger partial charge on any atom is 0.303 e. The molecule has 2 aromatic carbocycles. The molecule has 0 atom stereocenters. The summed E-state index contributed by atoms with van der Waals surface area (Å²) in [6, 6.07) is 16.6. The first-order chi connectivity index (χ1) is 19.0. The molecule has 0 aromatic heterocycles. The molecule has 0 heterocycles. The molecule has 0 spiro atoms. The highest BCUT2D eigenvalue weighted by Gasteiger charge is 2.23.